The SMILES string of the molecule is C=CCN=C(N)SCC#CC. The Morgan fingerprint density at radius 3 is 3.09 bits per heavy atom. The second kappa shape index (κ2) is 7.23. The molecule has 0 radical (unpaired) electrons. The summed E-state index contributed by atoms with van der Waals surface area (Å²) in [5.41, 5.74) is 5.50. The van der Waals surface area contributed by atoms with E-state index in [2.05, 4.69) is 23.4 Å². The van der Waals surface area contributed by atoms with Crippen molar-refractivity contribution in [2.75, 3.05) is 12.3 Å². The highest BCUT2D eigenvalue weighted by Gasteiger charge is 1.87. The van der Waals surface area contributed by atoms with Gasteiger partial charge in [-0.2, -0.15) is 0 Å². The molecule has 0 bridgehead atoms. The largest absolute Gasteiger partial charge is 0.379 e. The van der Waals surface area contributed by atoms with Gasteiger partial charge >= 0.3 is 0 Å². The molecule has 0 heterocycles. The van der Waals surface area contributed by atoms with Crippen LogP contribution in [0.4, 0.5) is 0 Å². The third-order valence-electron chi connectivity index (χ3n) is 0.845. The summed E-state index contributed by atoms with van der Waals surface area (Å²) in [5, 5.41) is 0.577. The second-order valence-corrected chi connectivity index (χ2v) is 2.68. The van der Waals surface area contributed by atoms with Crippen molar-refractivity contribution in [1.29, 1.82) is 0 Å². The zero-order valence-electron chi connectivity index (χ0n) is 6.63. The fraction of sp³-hybridized carbons (Fsp3) is 0.375. The number of hydrogen-bond donors (Lipinski definition) is 1. The second-order valence-electron chi connectivity index (χ2n) is 1.68. The fourth-order valence-electron chi connectivity index (χ4n) is 0.382. The summed E-state index contributed by atoms with van der Waals surface area (Å²) < 4.78 is 0. The predicted octanol–water partition coefficient (Wildman–Crippen LogP) is 1.24. The molecule has 0 aromatic heterocycles. The van der Waals surface area contributed by atoms with E-state index >= 15 is 0 Å². The molecule has 0 saturated heterocycles. The summed E-state index contributed by atoms with van der Waals surface area (Å²) in [6.45, 7) is 5.91. The topological polar surface area (TPSA) is 38.4 Å². The van der Waals surface area contributed by atoms with Crippen LogP contribution in [0.1, 0.15) is 6.92 Å². The molecular formula is C8H12N2S. The molecule has 11 heavy (non-hydrogen) atoms. The third-order valence-corrected chi connectivity index (χ3v) is 1.56. The van der Waals surface area contributed by atoms with Gasteiger partial charge in [0.2, 0.25) is 0 Å². The third kappa shape index (κ3) is 7.01. The van der Waals surface area contributed by atoms with Crippen molar-refractivity contribution in [2.24, 2.45) is 10.7 Å². The number of hydrogen-bond acceptors (Lipinski definition) is 2. The van der Waals surface area contributed by atoms with Crippen molar-refractivity contribution in [2.45, 2.75) is 6.92 Å². The monoisotopic (exact) mass is 168 g/mol. The Morgan fingerprint density at radius 2 is 2.55 bits per heavy atom. The zero-order chi connectivity index (χ0) is 8.53. The average Bonchev–Trinajstić information content (AvgIpc) is 2.01. The van der Waals surface area contributed by atoms with E-state index < -0.39 is 0 Å². The van der Waals surface area contributed by atoms with Crippen LogP contribution in [0.25, 0.3) is 0 Å². The van der Waals surface area contributed by atoms with Crippen molar-refractivity contribution in [3.8, 4) is 11.8 Å². The number of nitrogens with zero attached hydrogens (tertiary/aromatic N) is 1. The van der Waals surface area contributed by atoms with Crippen LogP contribution in [0.2, 0.25) is 0 Å². The molecule has 0 aromatic rings. The summed E-state index contributed by atoms with van der Waals surface area (Å²) in [6, 6.07) is 0. The smallest absolute Gasteiger partial charge is 0.155 e. The molecule has 0 aromatic carbocycles. The summed E-state index contributed by atoms with van der Waals surface area (Å²) in [7, 11) is 0. The van der Waals surface area contributed by atoms with E-state index in [9.17, 15) is 0 Å². The molecular weight excluding hydrogens is 156 g/mol. The number of aliphatic imine (C=N–C) groups is 1. The lowest BCUT2D eigenvalue weighted by atomic mass is 10.7. The Kier molecular flexibility index (Phi) is 6.65. The van der Waals surface area contributed by atoms with Gasteiger partial charge in [0, 0.05) is 0 Å². The maximum Gasteiger partial charge on any atom is 0.155 e. The first-order valence-corrected chi connectivity index (χ1v) is 4.23. The number of nitrogens with two attached hydrogens (primary N) is 1. The molecule has 3 heteroatoms. The minimum atomic E-state index is 0.577. The van der Waals surface area contributed by atoms with Crippen molar-refractivity contribution in [1.82, 2.24) is 0 Å². The van der Waals surface area contributed by atoms with Gasteiger partial charge in [0.25, 0.3) is 0 Å². The quantitative estimate of drug-likeness (QED) is 0.298. The average molecular weight is 168 g/mol. The Bertz CT molecular complexity index is 198. The minimum absolute atomic E-state index is 0.577. The number of thioether (sulfide) groups is 1. The van der Waals surface area contributed by atoms with Gasteiger partial charge in [-0.05, 0) is 6.92 Å². The Labute approximate surface area is 72.0 Å². The van der Waals surface area contributed by atoms with Crippen molar-refractivity contribution < 1.29 is 0 Å². The first-order chi connectivity index (χ1) is 5.31. The highest BCUT2D eigenvalue weighted by atomic mass is 32.2. The molecule has 0 unspecified atom stereocenters. The normalized spacial score (nSPS) is 10.1. The first kappa shape index (κ1) is 10.1. The molecule has 0 fully saturated rings. The molecule has 0 aliphatic rings. The zero-order valence-corrected chi connectivity index (χ0v) is 7.45. The van der Waals surface area contributed by atoms with Gasteiger partial charge in [-0.25, -0.2) is 0 Å². The fourth-order valence-corrected chi connectivity index (χ4v) is 0.913. The Morgan fingerprint density at radius 1 is 1.82 bits per heavy atom. The maximum atomic E-state index is 5.50. The van der Waals surface area contributed by atoms with Gasteiger partial charge in [-0.15, -0.1) is 12.5 Å². The molecule has 0 atom stereocenters. The molecule has 0 saturated carbocycles. The number of amidine groups is 1. The highest BCUT2D eigenvalue weighted by Crippen LogP contribution is 1.97. The van der Waals surface area contributed by atoms with Gasteiger partial charge in [0.1, 0.15) is 0 Å². The molecule has 2 nitrogen and oxygen atoms in total. The Hall–Kier alpha value is -0.880. The molecule has 60 valence electrons. The van der Waals surface area contributed by atoms with E-state index in [-0.39, 0.29) is 0 Å². The van der Waals surface area contributed by atoms with Crippen LogP contribution in [-0.4, -0.2) is 17.5 Å². The van der Waals surface area contributed by atoms with Crippen LogP contribution in [0.3, 0.4) is 0 Å². The predicted molar refractivity (Wildman–Crippen MR) is 52.6 cm³/mol. The summed E-state index contributed by atoms with van der Waals surface area (Å²) in [6.07, 6.45) is 1.71. The van der Waals surface area contributed by atoms with Gasteiger partial charge in [-0.1, -0.05) is 23.8 Å². The minimum Gasteiger partial charge on any atom is -0.379 e. The van der Waals surface area contributed by atoms with E-state index in [4.69, 9.17) is 5.73 Å². The lowest BCUT2D eigenvalue weighted by Crippen LogP contribution is -2.07. The van der Waals surface area contributed by atoms with Gasteiger partial charge in [0.15, 0.2) is 5.17 Å². The van der Waals surface area contributed by atoms with Crippen molar-refractivity contribution in [3.05, 3.63) is 12.7 Å². The molecule has 0 aliphatic heterocycles. The molecule has 0 spiro atoms. The standard InChI is InChI=1S/C8H12N2S/c1-3-5-7-11-8(9)10-6-4-2/h4H,2,6-7H2,1H3,(H2,9,10). The van der Waals surface area contributed by atoms with E-state index in [1.807, 2.05) is 0 Å². The van der Waals surface area contributed by atoms with Gasteiger partial charge in [-0.3, -0.25) is 4.99 Å². The van der Waals surface area contributed by atoms with E-state index in [1.54, 1.807) is 13.0 Å². The maximum absolute atomic E-state index is 5.50. The first-order valence-electron chi connectivity index (χ1n) is 3.24. The van der Waals surface area contributed by atoms with Crippen LogP contribution < -0.4 is 5.73 Å². The number of rotatable bonds is 3. The lowest BCUT2D eigenvalue weighted by Gasteiger charge is -1.93. The van der Waals surface area contributed by atoms with Crippen LogP contribution in [0, 0.1) is 11.8 Å². The lowest BCUT2D eigenvalue weighted by molar-refractivity contribution is 1.25. The molecule has 0 rings (SSSR count). The van der Waals surface area contributed by atoms with Crippen molar-refractivity contribution >= 4 is 16.9 Å². The molecule has 0 amide bonds. The summed E-state index contributed by atoms with van der Waals surface area (Å²) >= 11 is 1.45. The van der Waals surface area contributed by atoms with Crippen LogP contribution >= 0.6 is 11.8 Å². The van der Waals surface area contributed by atoms with Crippen molar-refractivity contribution in [3.63, 3.8) is 0 Å². The highest BCUT2D eigenvalue weighted by molar-refractivity contribution is 8.13. The Balaban J connectivity index is 3.55. The van der Waals surface area contributed by atoms with E-state index in [0.29, 0.717) is 17.5 Å². The van der Waals surface area contributed by atoms with Crippen LogP contribution in [0.5, 0.6) is 0 Å². The summed E-state index contributed by atoms with van der Waals surface area (Å²) in [5.74, 6) is 6.37. The van der Waals surface area contributed by atoms with Crippen LogP contribution in [0.15, 0.2) is 17.6 Å². The molecule has 2 N–H and O–H groups in total. The van der Waals surface area contributed by atoms with Gasteiger partial charge in [0.05, 0.1) is 12.3 Å². The van der Waals surface area contributed by atoms with E-state index in [1.165, 1.54) is 11.8 Å². The molecule has 0 aliphatic carbocycles. The van der Waals surface area contributed by atoms with Crippen LogP contribution in [-0.2, 0) is 0 Å². The summed E-state index contributed by atoms with van der Waals surface area (Å²) in [4.78, 5) is 3.99. The van der Waals surface area contributed by atoms with Gasteiger partial charge < -0.3 is 5.73 Å². The van der Waals surface area contributed by atoms with E-state index in [0.717, 1.165) is 0 Å².